The highest BCUT2D eigenvalue weighted by molar-refractivity contribution is 5.87. The SMILES string of the molecule is C=C(C)C(=O)OCC(OC(=O)C(=C)C)c1ccccc1. The lowest BCUT2D eigenvalue weighted by atomic mass is 10.1. The molecule has 1 aromatic carbocycles. The molecule has 0 radical (unpaired) electrons. The molecule has 0 aromatic heterocycles. The van der Waals surface area contributed by atoms with E-state index in [2.05, 4.69) is 13.2 Å². The standard InChI is InChI=1S/C16H18O4/c1-11(2)15(17)19-10-14(20-16(18)12(3)4)13-8-6-5-7-9-13/h5-9,14H,1,3,10H2,2,4H3. The monoisotopic (exact) mass is 274 g/mol. The molecule has 0 spiro atoms. The Morgan fingerprint density at radius 1 is 1.05 bits per heavy atom. The number of carbonyl (C=O) groups is 2. The quantitative estimate of drug-likeness (QED) is 0.591. The fourth-order valence-corrected chi connectivity index (χ4v) is 1.37. The van der Waals surface area contributed by atoms with Gasteiger partial charge in [-0.2, -0.15) is 0 Å². The maximum atomic E-state index is 11.6. The minimum absolute atomic E-state index is 0.0608. The smallest absolute Gasteiger partial charge is 0.333 e. The molecule has 0 amide bonds. The third kappa shape index (κ3) is 4.72. The van der Waals surface area contributed by atoms with Crippen molar-refractivity contribution in [2.75, 3.05) is 6.61 Å². The van der Waals surface area contributed by atoms with Gasteiger partial charge in [0.05, 0.1) is 0 Å². The molecule has 106 valence electrons. The minimum atomic E-state index is -0.663. The lowest BCUT2D eigenvalue weighted by Gasteiger charge is -2.18. The third-order valence-corrected chi connectivity index (χ3v) is 2.48. The molecular weight excluding hydrogens is 256 g/mol. The highest BCUT2D eigenvalue weighted by Gasteiger charge is 2.19. The van der Waals surface area contributed by atoms with Crippen LogP contribution in [0.25, 0.3) is 0 Å². The van der Waals surface area contributed by atoms with Crippen molar-refractivity contribution in [3.63, 3.8) is 0 Å². The van der Waals surface area contributed by atoms with Crippen LogP contribution in [-0.2, 0) is 19.1 Å². The summed E-state index contributed by atoms with van der Waals surface area (Å²) < 4.78 is 10.3. The number of ether oxygens (including phenoxy) is 2. The molecule has 1 atom stereocenters. The Balaban J connectivity index is 2.80. The van der Waals surface area contributed by atoms with Crippen LogP contribution in [0.2, 0.25) is 0 Å². The number of hydrogen-bond acceptors (Lipinski definition) is 4. The van der Waals surface area contributed by atoms with E-state index in [-0.39, 0.29) is 12.2 Å². The summed E-state index contributed by atoms with van der Waals surface area (Å²) in [6.07, 6.45) is -0.663. The average Bonchev–Trinajstić information content (AvgIpc) is 2.43. The molecule has 4 nitrogen and oxygen atoms in total. The number of rotatable bonds is 6. The number of benzene rings is 1. The number of hydrogen-bond donors (Lipinski definition) is 0. The highest BCUT2D eigenvalue weighted by atomic mass is 16.6. The number of carbonyl (C=O) groups excluding carboxylic acids is 2. The first kappa shape index (κ1) is 15.7. The van der Waals surface area contributed by atoms with E-state index in [1.54, 1.807) is 26.0 Å². The Labute approximate surface area is 118 Å². The average molecular weight is 274 g/mol. The molecule has 1 rings (SSSR count). The Hall–Kier alpha value is -2.36. The van der Waals surface area contributed by atoms with Gasteiger partial charge in [-0.05, 0) is 19.4 Å². The molecule has 20 heavy (non-hydrogen) atoms. The highest BCUT2D eigenvalue weighted by Crippen LogP contribution is 2.19. The Kier molecular flexibility index (Phi) is 5.72. The van der Waals surface area contributed by atoms with Crippen molar-refractivity contribution in [3.8, 4) is 0 Å². The Bertz CT molecular complexity index is 517. The molecule has 4 heteroatoms. The van der Waals surface area contributed by atoms with Crippen molar-refractivity contribution in [3.05, 3.63) is 60.2 Å². The van der Waals surface area contributed by atoms with Crippen LogP contribution in [0.1, 0.15) is 25.5 Å². The van der Waals surface area contributed by atoms with Gasteiger partial charge in [-0.1, -0.05) is 43.5 Å². The van der Waals surface area contributed by atoms with Gasteiger partial charge in [0.1, 0.15) is 6.61 Å². The van der Waals surface area contributed by atoms with Gasteiger partial charge in [-0.25, -0.2) is 9.59 Å². The molecule has 0 saturated carbocycles. The molecule has 1 aromatic rings. The molecule has 0 aliphatic rings. The van der Waals surface area contributed by atoms with E-state index >= 15 is 0 Å². The first-order valence-electron chi connectivity index (χ1n) is 6.16. The van der Waals surface area contributed by atoms with Gasteiger partial charge in [0.15, 0.2) is 6.10 Å². The molecular formula is C16H18O4. The zero-order chi connectivity index (χ0) is 15.1. The van der Waals surface area contributed by atoms with Crippen molar-refractivity contribution >= 4 is 11.9 Å². The predicted molar refractivity (Wildman–Crippen MR) is 75.9 cm³/mol. The lowest BCUT2D eigenvalue weighted by molar-refractivity contribution is -0.154. The van der Waals surface area contributed by atoms with Crippen LogP contribution in [-0.4, -0.2) is 18.5 Å². The normalized spacial score (nSPS) is 11.3. The van der Waals surface area contributed by atoms with Gasteiger partial charge >= 0.3 is 11.9 Å². The fraction of sp³-hybridized carbons (Fsp3) is 0.250. The second-order valence-corrected chi connectivity index (χ2v) is 4.46. The van der Waals surface area contributed by atoms with E-state index in [0.717, 1.165) is 5.56 Å². The minimum Gasteiger partial charge on any atom is -0.458 e. The van der Waals surface area contributed by atoms with E-state index in [1.165, 1.54) is 0 Å². The summed E-state index contributed by atoms with van der Waals surface area (Å²) >= 11 is 0. The molecule has 0 N–H and O–H groups in total. The molecule has 0 aliphatic heterocycles. The van der Waals surface area contributed by atoms with Gasteiger partial charge in [0.2, 0.25) is 0 Å². The Morgan fingerprint density at radius 3 is 2.10 bits per heavy atom. The van der Waals surface area contributed by atoms with Crippen LogP contribution < -0.4 is 0 Å². The summed E-state index contributed by atoms with van der Waals surface area (Å²) in [6.45, 7) is 10.1. The van der Waals surface area contributed by atoms with Gasteiger partial charge in [-0.3, -0.25) is 0 Å². The maximum absolute atomic E-state index is 11.6. The van der Waals surface area contributed by atoms with Crippen molar-refractivity contribution in [1.29, 1.82) is 0 Å². The van der Waals surface area contributed by atoms with Gasteiger partial charge < -0.3 is 9.47 Å². The first-order valence-corrected chi connectivity index (χ1v) is 6.16. The van der Waals surface area contributed by atoms with Crippen LogP contribution in [0.4, 0.5) is 0 Å². The summed E-state index contributed by atoms with van der Waals surface area (Å²) in [7, 11) is 0. The summed E-state index contributed by atoms with van der Waals surface area (Å²) in [6, 6.07) is 9.08. The van der Waals surface area contributed by atoms with Crippen molar-refractivity contribution < 1.29 is 19.1 Å². The topological polar surface area (TPSA) is 52.6 Å². The summed E-state index contributed by atoms with van der Waals surface area (Å²) in [5.41, 5.74) is 1.33. The largest absolute Gasteiger partial charge is 0.458 e. The van der Waals surface area contributed by atoms with Crippen molar-refractivity contribution in [2.45, 2.75) is 20.0 Å². The van der Waals surface area contributed by atoms with E-state index < -0.39 is 18.0 Å². The van der Waals surface area contributed by atoms with Crippen LogP contribution in [0.5, 0.6) is 0 Å². The Morgan fingerprint density at radius 2 is 1.60 bits per heavy atom. The summed E-state index contributed by atoms with van der Waals surface area (Å²) in [5.74, 6) is -1.04. The summed E-state index contributed by atoms with van der Waals surface area (Å²) in [4.78, 5) is 23.0. The van der Waals surface area contributed by atoms with Crippen LogP contribution >= 0.6 is 0 Å². The van der Waals surface area contributed by atoms with Gasteiger partial charge in [-0.15, -0.1) is 0 Å². The van der Waals surface area contributed by atoms with Crippen LogP contribution in [0.3, 0.4) is 0 Å². The van der Waals surface area contributed by atoms with Gasteiger partial charge in [0, 0.05) is 11.1 Å². The van der Waals surface area contributed by atoms with E-state index in [9.17, 15) is 9.59 Å². The summed E-state index contributed by atoms with van der Waals surface area (Å²) in [5, 5.41) is 0. The molecule has 0 heterocycles. The van der Waals surface area contributed by atoms with Crippen molar-refractivity contribution in [2.24, 2.45) is 0 Å². The fourth-order valence-electron chi connectivity index (χ4n) is 1.37. The zero-order valence-corrected chi connectivity index (χ0v) is 11.7. The second kappa shape index (κ2) is 7.28. The van der Waals surface area contributed by atoms with Crippen LogP contribution in [0, 0.1) is 0 Å². The lowest BCUT2D eigenvalue weighted by Crippen LogP contribution is -2.19. The molecule has 1 unspecified atom stereocenters. The third-order valence-electron chi connectivity index (χ3n) is 2.48. The zero-order valence-electron chi connectivity index (χ0n) is 11.7. The first-order chi connectivity index (χ1) is 9.41. The van der Waals surface area contributed by atoms with Crippen LogP contribution in [0.15, 0.2) is 54.6 Å². The molecule has 0 bridgehead atoms. The molecule has 0 fully saturated rings. The van der Waals surface area contributed by atoms with E-state index in [4.69, 9.17) is 9.47 Å². The van der Waals surface area contributed by atoms with E-state index in [0.29, 0.717) is 5.57 Å². The van der Waals surface area contributed by atoms with E-state index in [1.807, 2.05) is 18.2 Å². The molecule has 0 aliphatic carbocycles. The maximum Gasteiger partial charge on any atom is 0.333 e. The number of esters is 2. The second-order valence-electron chi connectivity index (χ2n) is 4.46. The van der Waals surface area contributed by atoms with Gasteiger partial charge in [0.25, 0.3) is 0 Å². The molecule has 0 saturated heterocycles. The van der Waals surface area contributed by atoms with Crippen molar-refractivity contribution in [1.82, 2.24) is 0 Å². The predicted octanol–water partition coefficient (Wildman–Crippen LogP) is 2.97.